The molecule has 0 aromatic carbocycles. The Hall–Kier alpha value is -2.73. The van der Waals surface area contributed by atoms with Crippen LogP contribution in [0, 0.1) is 12.8 Å². The van der Waals surface area contributed by atoms with E-state index in [1.54, 1.807) is 12.3 Å². The van der Waals surface area contributed by atoms with Crippen LogP contribution in [0.3, 0.4) is 0 Å². The Labute approximate surface area is 145 Å². The van der Waals surface area contributed by atoms with E-state index in [1.807, 2.05) is 48.0 Å². The van der Waals surface area contributed by atoms with Gasteiger partial charge >= 0.3 is 0 Å². The second-order valence-corrected chi connectivity index (χ2v) is 6.63. The van der Waals surface area contributed by atoms with Crippen molar-refractivity contribution in [3.8, 4) is 0 Å². The van der Waals surface area contributed by atoms with Gasteiger partial charge in [0.05, 0.1) is 29.1 Å². The Kier molecular flexibility index (Phi) is 3.97. The van der Waals surface area contributed by atoms with E-state index in [0.29, 0.717) is 24.1 Å². The molecule has 0 unspecified atom stereocenters. The van der Waals surface area contributed by atoms with Crippen LogP contribution in [-0.4, -0.2) is 31.5 Å². The summed E-state index contributed by atoms with van der Waals surface area (Å²) >= 11 is 0. The number of nitrogens with one attached hydrogen (secondary N) is 1. The molecular weight excluding hydrogens is 316 g/mol. The van der Waals surface area contributed by atoms with E-state index in [9.17, 15) is 9.90 Å². The van der Waals surface area contributed by atoms with Crippen LogP contribution >= 0.6 is 0 Å². The van der Waals surface area contributed by atoms with E-state index in [-0.39, 0.29) is 24.0 Å². The Bertz CT molecular complexity index is 900. The van der Waals surface area contributed by atoms with Gasteiger partial charge in [-0.1, -0.05) is 6.07 Å². The van der Waals surface area contributed by atoms with Gasteiger partial charge in [-0.25, -0.2) is 4.98 Å². The number of carbonyl (C=O) groups excluding carboxylic acids is 1. The highest BCUT2D eigenvalue weighted by Gasteiger charge is 2.36. The maximum atomic E-state index is 12.9. The predicted octanol–water partition coefficient (Wildman–Crippen LogP) is 2.28. The average Bonchev–Trinajstić information content (AvgIpc) is 2.98. The van der Waals surface area contributed by atoms with Crippen LogP contribution in [0.5, 0.6) is 0 Å². The number of nitrogens with zero attached hydrogens (tertiary/aromatic N) is 3. The SMILES string of the molecule is Cc1cn2cccc(C(=O)N[C@H](c3ccccn3)C3CC(O)C3)c2n1. The van der Waals surface area contributed by atoms with Gasteiger partial charge in [0.1, 0.15) is 5.65 Å². The lowest BCUT2D eigenvalue weighted by Gasteiger charge is -2.37. The maximum Gasteiger partial charge on any atom is 0.255 e. The molecule has 3 heterocycles. The van der Waals surface area contributed by atoms with Crippen LogP contribution in [0.2, 0.25) is 0 Å². The van der Waals surface area contributed by atoms with Crippen molar-refractivity contribution < 1.29 is 9.90 Å². The van der Waals surface area contributed by atoms with Crippen molar-refractivity contribution in [3.05, 3.63) is 65.9 Å². The molecular formula is C19H20N4O2. The smallest absolute Gasteiger partial charge is 0.255 e. The molecule has 1 amide bonds. The fraction of sp³-hybridized carbons (Fsp3) is 0.316. The van der Waals surface area contributed by atoms with Crippen molar-refractivity contribution in [3.63, 3.8) is 0 Å². The molecule has 128 valence electrons. The highest BCUT2D eigenvalue weighted by atomic mass is 16.3. The van der Waals surface area contributed by atoms with Crippen molar-refractivity contribution in [1.29, 1.82) is 0 Å². The highest BCUT2D eigenvalue weighted by Crippen LogP contribution is 2.37. The topological polar surface area (TPSA) is 79.5 Å². The summed E-state index contributed by atoms with van der Waals surface area (Å²) < 4.78 is 1.85. The van der Waals surface area contributed by atoms with E-state index in [4.69, 9.17) is 0 Å². The Balaban J connectivity index is 1.64. The number of pyridine rings is 2. The van der Waals surface area contributed by atoms with Crippen molar-refractivity contribution in [1.82, 2.24) is 19.7 Å². The summed E-state index contributed by atoms with van der Waals surface area (Å²) in [6.45, 7) is 1.90. The maximum absolute atomic E-state index is 12.9. The lowest BCUT2D eigenvalue weighted by molar-refractivity contribution is 0.0228. The summed E-state index contributed by atoms with van der Waals surface area (Å²) in [5.74, 6) is 0.0170. The van der Waals surface area contributed by atoms with Gasteiger partial charge < -0.3 is 14.8 Å². The second kappa shape index (κ2) is 6.29. The van der Waals surface area contributed by atoms with Gasteiger partial charge in [0, 0.05) is 18.6 Å². The van der Waals surface area contributed by atoms with Crippen LogP contribution < -0.4 is 5.32 Å². The molecule has 1 saturated carbocycles. The fourth-order valence-electron chi connectivity index (χ4n) is 3.43. The molecule has 0 radical (unpaired) electrons. The van der Waals surface area contributed by atoms with Gasteiger partial charge in [-0.3, -0.25) is 9.78 Å². The zero-order valence-corrected chi connectivity index (χ0v) is 14.0. The molecule has 1 fully saturated rings. The van der Waals surface area contributed by atoms with Crippen LogP contribution in [-0.2, 0) is 0 Å². The summed E-state index contributed by atoms with van der Waals surface area (Å²) in [4.78, 5) is 21.8. The third-order valence-corrected chi connectivity index (χ3v) is 4.76. The molecule has 0 spiro atoms. The monoisotopic (exact) mass is 336 g/mol. The molecule has 0 saturated heterocycles. The number of aromatic nitrogens is 3. The molecule has 6 nitrogen and oxygen atoms in total. The Morgan fingerprint density at radius 1 is 1.32 bits per heavy atom. The first-order valence-corrected chi connectivity index (χ1v) is 8.46. The van der Waals surface area contributed by atoms with E-state index in [0.717, 1.165) is 11.4 Å². The van der Waals surface area contributed by atoms with E-state index in [2.05, 4.69) is 15.3 Å². The minimum atomic E-state index is -0.286. The number of aliphatic hydroxyl groups excluding tert-OH is 1. The Morgan fingerprint density at radius 2 is 2.16 bits per heavy atom. The quantitative estimate of drug-likeness (QED) is 0.766. The first-order chi connectivity index (χ1) is 12.1. The molecule has 2 N–H and O–H groups in total. The fourth-order valence-corrected chi connectivity index (χ4v) is 3.43. The molecule has 0 aliphatic heterocycles. The van der Waals surface area contributed by atoms with Crippen molar-refractivity contribution in [2.75, 3.05) is 0 Å². The molecule has 4 rings (SSSR count). The van der Waals surface area contributed by atoms with Gasteiger partial charge in [0.2, 0.25) is 0 Å². The number of hydrogen-bond acceptors (Lipinski definition) is 4. The van der Waals surface area contributed by atoms with E-state index < -0.39 is 0 Å². The number of aryl methyl sites for hydroxylation is 1. The van der Waals surface area contributed by atoms with Gasteiger partial charge in [-0.05, 0) is 49.9 Å². The molecule has 3 aromatic heterocycles. The number of rotatable bonds is 4. The van der Waals surface area contributed by atoms with E-state index >= 15 is 0 Å². The minimum Gasteiger partial charge on any atom is -0.393 e. The van der Waals surface area contributed by atoms with Crippen LogP contribution in [0.1, 0.15) is 40.6 Å². The number of imidazole rings is 1. The van der Waals surface area contributed by atoms with Crippen LogP contribution in [0.15, 0.2) is 48.9 Å². The van der Waals surface area contributed by atoms with Gasteiger partial charge in [0.15, 0.2) is 0 Å². The summed E-state index contributed by atoms with van der Waals surface area (Å²) in [7, 11) is 0. The second-order valence-electron chi connectivity index (χ2n) is 6.63. The largest absolute Gasteiger partial charge is 0.393 e. The van der Waals surface area contributed by atoms with Gasteiger partial charge in [0.25, 0.3) is 5.91 Å². The van der Waals surface area contributed by atoms with Gasteiger partial charge in [-0.15, -0.1) is 0 Å². The molecule has 3 aromatic rings. The number of amides is 1. The molecule has 1 aliphatic rings. The third-order valence-electron chi connectivity index (χ3n) is 4.76. The van der Waals surface area contributed by atoms with Crippen molar-refractivity contribution >= 4 is 11.6 Å². The molecule has 1 atom stereocenters. The minimum absolute atomic E-state index is 0.173. The number of hydrogen-bond donors (Lipinski definition) is 2. The van der Waals surface area contributed by atoms with E-state index in [1.165, 1.54) is 0 Å². The lowest BCUT2D eigenvalue weighted by Crippen LogP contribution is -2.41. The van der Waals surface area contributed by atoms with Crippen LogP contribution in [0.25, 0.3) is 5.65 Å². The highest BCUT2D eigenvalue weighted by molar-refractivity contribution is 6.00. The first-order valence-electron chi connectivity index (χ1n) is 8.46. The normalized spacial score (nSPS) is 20.9. The zero-order chi connectivity index (χ0) is 17.4. The first kappa shape index (κ1) is 15.8. The third kappa shape index (κ3) is 3.00. The Morgan fingerprint density at radius 3 is 2.88 bits per heavy atom. The summed E-state index contributed by atoms with van der Waals surface area (Å²) in [5.41, 5.74) is 2.87. The summed E-state index contributed by atoms with van der Waals surface area (Å²) in [6, 6.07) is 9.08. The van der Waals surface area contributed by atoms with Gasteiger partial charge in [-0.2, -0.15) is 0 Å². The number of carbonyl (C=O) groups is 1. The molecule has 25 heavy (non-hydrogen) atoms. The number of fused-ring (bicyclic) bond motifs is 1. The standard InChI is InChI=1S/C19H20N4O2/c1-12-11-23-8-4-5-15(18(23)21-12)19(25)22-17(13-9-14(24)10-13)16-6-2-3-7-20-16/h2-8,11,13-14,17,24H,9-10H2,1H3,(H,22,25)/t13?,14?,17-/m0/s1. The van der Waals surface area contributed by atoms with Crippen molar-refractivity contribution in [2.45, 2.75) is 31.9 Å². The summed E-state index contributed by atoms with van der Waals surface area (Å²) in [6.07, 6.45) is 6.56. The van der Waals surface area contributed by atoms with Crippen LogP contribution in [0.4, 0.5) is 0 Å². The predicted molar refractivity (Wildman–Crippen MR) is 93.1 cm³/mol. The van der Waals surface area contributed by atoms with Crippen molar-refractivity contribution in [2.24, 2.45) is 5.92 Å². The number of aliphatic hydroxyl groups is 1. The molecule has 6 heteroatoms. The molecule has 0 bridgehead atoms. The lowest BCUT2D eigenvalue weighted by atomic mass is 9.76. The summed E-state index contributed by atoms with van der Waals surface area (Å²) in [5, 5.41) is 12.8. The molecule has 1 aliphatic carbocycles. The average molecular weight is 336 g/mol. The zero-order valence-electron chi connectivity index (χ0n) is 14.0.